The zero-order chi connectivity index (χ0) is 26.5. The van der Waals surface area contributed by atoms with Crippen LogP contribution >= 0.6 is 0 Å². The minimum Gasteiger partial charge on any atom is -0.444 e. The maximum absolute atomic E-state index is 14.0. The van der Waals surface area contributed by atoms with Gasteiger partial charge < -0.3 is 26.0 Å². The molecule has 1 aromatic carbocycles. The van der Waals surface area contributed by atoms with Gasteiger partial charge in [-0.25, -0.2) is 4.79 Å². The number of nitrogens with two attached hydrogens (primary N) is 1. The minimum atomic E-state index is -1.26. The summed E-state index contributed by atoms with van der Waals surface area (Å²) in [4.78, 5) is 53.4. The summed E-state index contributed by atoms with van der Waals surface area (Å²) < 4.78 is 5.31. The summed E-state index contributed by atoms with van der Waals surface area (Å²) in [6.45, 7) is 12.7. The van der Waals surface area contributed by atoms with Crippen molar-refractivity contribution in [3.8, 4) is 0 Å². The van der Waals surface area contributed by atoms with Gasteiger partial charge in [-0.1, -0.05) is 23.8 Å². The third-order valence-corrected chi connectivity index (χ3v) is 5.79. The molecule has 0 heterocycles. The van der Waals surface area contributed by atoms with Gasteiger partial charge >= 0.3 is 6.09 Å². The first-order chi connectivity index (χ1) is 16.2. The van der Waals surface area contributed by atoms with Crippen LogP contribution in [0.5, 0.6) is 0 Å². The molecule has 1 aliphatic carbocycles. The Bertz CT molecular complexity index is 950. The summed E-state index contributed by atoms with van der Waals surface area (Å²) in [5, 5.41) is 5.45. The molecule has 0 spiro atoms. The van der Waals surface area contributed by atoms with E-state index in [4.69, 9.17) is 10.5 Å². The van der Waals surface area contributed by atoms with Crippen molar-refractivity contribution in [3.63, 3.8) is 0 Å². The first-order valence-electron chi connectivity index (χ1n) is 12.2. The maximum atomic E-state index is 14.0. The SMILES string of the molecule is Cc1ccc(C(C(=O)NC(C)C)N(C(=O)C(CC(N)=O)NC(=O)OC(C)(C)C)C2CCC2)c(C)c1. The second kappa shape index (κ2) is 11.6. The number of alkyl carbamates (subject to hydrolysis) is 1. The molecule has 1 aromatic rings. The Morgan fingerprint density at radius 1 is 1.11 bits per heavy atom. The Morgan fingerprint density at radius 2 is 1.74 bits per heavy atom. The molecule has 9 nitrogen and oxygen atoms in total. The van der Waals surface area contributed by atoms with E-state index in [9.17, 15) is 19.2 Å². The van der Waals surface area contributed by atoms with Gasteiger partial charge in [0.15, 0.2) is 0 Å². The molecule has 2 unspecified atom stereocenters. The summed E-state index contributed by atoms with van der Waals surface area (Å²) in [5.74, 6) is -1.60. The van der Waals surface area contributed by atoms with E-state index in [1.165, 1.54) is 4.90 Å². The van der Waals surface area contributed by atoms with Crippen molar-refractivity contribution in [3.05, 3.63) is 34.9 Å². The van der Waals surface area contributed by atoms with Crippen LogP contribution < -0.4 is 16.4 Å². The summed E-state index contributed by atoms with van der Waals surface area (Å²) in [5.41, 5.74) is 7.24. The molecule has 0 aliphatic heterocycles. The molecule has 35 heavy (non-hydrogen) atoms. The van der Waals surface area contributed by atoms with Gasteiger partial charge in [0.25, 0.3) is 0 Å². The normalized spacial score (nSPS) is 15.5. The fourth-order valence-electron chi connectivity index (χ4n) is 4.13. The van der Waals surface area contributed by atoms with Crippen molar-refractivity contribution in [2.45, 2.75) is 104 Å². The van der Waals surface area contributed by atoms with Gasteiger partial charge in [-0.15, -0.1) is 0 Å². The zero-order valence-corrected chi connectivity index (χ0v) is 21.9. The highest BCUT2D eigenvalue weighted by molar-refractivity contribution is 5.95. The molecular formula is C26H40N4O5. The highest BCUT2D eigenvalue weighted by Crippen LogP contribution is 2.35. The predicted octanol–water partition coefficient (Wildman–Crippen LogP) is 3.02. The topological polar surface area (TPSA) is 131 Å². The number of amides is 4. The Labute approximate surface area is 208 Å². The number of nitrogens with one attached hydrogen (secondary N) is 2. The Hall–Kier alpha value is -3.10. The van der Waals surface area contributed by atoms with Gasteiger partial charge in [-0.05, 0) is 78.9 Å². The fourth-order valence-corrected chi connectivity index (χ4v) is 4.13. The van der Waals surface area contributed by atoms with Crippen LogP contribution in [0.2, 0.25) is 0 Å². The number of carbonyl (C=O) groups is 4. The van der Waals surface area contributed by atoms with E-state index in [2.05, 4.69) is 10.6 Å². The summed E-state index contributed by atoms with van der Waals surface area (Å²) >= 11 is 0. The fraction of sp³-hybridized carbons (Fsp3) is 0.615. The molecular weight excluding hydrogens is 448 g/mol. The van der Waals surface area contributed by atoms with Crippen molar-refractivity contribution in [1.82, 2.24) is 15.5 Å². The summed E-state index contributed by atoms with van der Waals surface area (Å²) in [6.07, 6.45) is 1.11. The average molecular weight is 489 g/mol. The number of hydrogen-bond donors (Lipinski definition) is 3. The second-order valence-electron chi connectivity index (χ2n) is 10.6. The molecule has 0 saturated heterocycles. The third kappa shape index (κ3) is 7.97. The maximum Gasteiger partial charge on any atom is 0.408 e. The Balaban J connectivity index is 2.53. The summed E-state index contributed by atoms with van der Waals surface area (Å²) in [7, 11) is 0. The zero-order valence-electron chi connectivity index (χ0n) is 21.9. The molecule has 0 radical (unpaired) electrons. The Morgan fingerprint density at radius 3 is 2.20 bits per heavy atom. The second-order valence-corrected chi connectivity index (χ2v) is 10.6. The van der Waals surface area contributed by atoms with Gasteiger partial charge in [-0.2, -0.15) is 0 Å². The van der Waals surface area contributed by atoms with E-state index in [0.29, 0.717) is 5.56 Å². The van der Waals surface area contributed by atoms with E-state index < -0.39 is 42.0 Å². The molecule has 2 rings (SSSR count). The van der Waals surface area contributed by atoms with Crippen molar-refractivity contribution in [2.24, 2.45) is 5.73 Å². The van der Waals surface area contributed by atoms with Crippen LogP contribution in [-0.2, 0) is 19.1 Å². The average Bonchev–Trinajstić information content (AvgIpc) is 2.64. The number of nitrogens with zero attached hydrogens (tertiary/aromatic N) is 1. The molecule has 1 saturated carbocycles. The largest absolute Gasteiger partial charge is 0.444 e. The minimum absolute atomic E-state index is 0.143. The molecule has 4 N–H and O–H groups in total. The van der Waals surface area contributed by atoms with Crippen LogP contribution in [0.3, 0.4) is 0 Å². The van der Waals surface area contributed by atoms with Crippen LogP contribution in [0.25, 0.3) is 0 Å². The lowest BCUT2D eigenvalue weighted by Gasteiger charge is -2.44. The number of carbonyl (C=O) groups excluding carboxylic acids is 4. The molecule has 0 bridgehead atoms. The van der Waals surface area contributed by atoms with Crippen LogP contribution in [-0.4, -0.2) is 52.4 Å². The molecule has 194 valence electrons. The van der Waals surface area contributed by atoms with E-state index in [0.717, 1.165) is 30.4 Å². The van der Waals surface area contributed by atoms with E-state index in [1.807, 2.05) is 45.9 Å². The Kier molecular flexibility index (Phi) is 9.29. The van der Waals surface area contributed by atoms with E-state index in [-0.39, 0.29) is 18.0 Å². The smallest absolute Gasteiger partial charge is 0.408 e. The lowest BCUT2D eigenvalue weighted by molar-refractivity contribution is -0.148. The quantitative estimate of drug-likeness (QED) is 0.492. The number of primary amides is 1. The van der Waals surface area contributed by atoms with Gasteiger partial charge in [-0.3, -0.25) is 14.4 Å². The van der Waals surface area contributed by atoms with Crippen molar-refractivity contribution >= 4 is 23.8 Å². The van der Waals surface area contributed by atoms with Crippen LogP contribution in [0.15, 0.2) is 18.2 Å². The van der Waals surface area contributed by atoms with Crippen LogP contribution in [0, 0.1) is 13.8 Å². The lowest BCUT2D eigenvalue weighted by atomic mass is 9.87. The first kappa shape index (κ1) is 28.1. The molecule has 4 amide bonds. The van der Waals surface area contributed by atoms with Gasteiger partial charge in [0.2, 0.25) is 17.7 Å². The number of hydrogen-bond acceptors (Lipinski definition) is 5. The van der Waals surface area contributed by atoms with E-state index in [1.54, 1.807) is 20.8 Å². The van der Waals surface area contributed by atoms with Crippen molar-refractivity contribution in [1.29, 1.82) is 0 Å². The van der Waals surface area contributed by atoms with Crippen LogP contribution in [0.4, 0.5) is 4.79 Å². The standard InChI is InChI=1S/C26H40N4O5/c1-15(2)28-23(32)22(19-12-11-16(3)13-17(19)4)30(18-9-8-10-18)24(33)20(14-21(27)31)29-25(34)35-26(5,6)7/h11-13,15,18,20,22H,8-10,14H2,1-7H3,(H2,27,31)(H,28,32)(H,29,34). The number of aryl methyl sites for hydroxylation is 2. The summed E-state index contributed by atoms with van der Waals surface area (Å²) in [6, 6.07) is 3.20. The molecule has 2 atom stereocenters. The van der Waals surface area contributed by atoms with Crippen molar-refractivity contribution < 1.29 is 23.9 Å². The monoisotopic (exact) mass is 488 g/mol. The van der Waals surface area contributed by atoms with Gasteiger partial charge in [0.1, 0.15) is 17.7 Å². The highest BCUT2D eigenvalue weighted by atomic mass is 16.6. The predicted molar refractivity (Wildman–Crippen MR) is 133 cm³/mol. The number of benzene rings is 1. The van der Waals surface area contributed by atoms with Crippen molar-refractivity contribution in [2.75, 3.05) is 0 Å². The molecule has 9 heteroatoms. The van der Waals surface area contributed by atoms with Gasteiger partial charge in [0, 0.05) is 12.1 Å². The number of rotatable bonds is 9. The van der Waals surface area contributed by atoms with E-state index >= 15 is 0 Å². The van der Waals surface area contributed by atoms with Gasteiger partial charge in [0.05, 0.1) is 6.42 Å². The molecule has 0 aromatic heterocycles. The molecule has 1 fully saturated rings. The highest BCUT2D eigenvalue weighted by Gasteiger charge is 2.42. The number of ether oxygens (including phenoxy) is 1. The van der Waals surface area contributed by atoms with Crippen LogP contribution in [0.1, 0.15) is 83.0 Å². The third-order valence-electron chi connectivity index (χ3n) is 5.79. The lowest BCUT2D eigenvalue weighted by Crippen LogP contribution is -2.58. The molecule has 1 aliphatic rings. The first-order valence-corrected chi connectivity index (χ1v) is 12.2.